The highest BCUT2D eigenvalue weighted by Gasteiger charge is 2.42. The number of phenols is 1. The number of nitrogens with one attached hydrogen (secondary N) is 9. The molecule has 2 saturated heterocycles. The van der Waals surface area contributed by atoms with E-state index >= 15 is 4.79 Å². The van der Waals surface area contributed by atoms with Gasteiger partial charge in [-0.3, -0.25) is 57.5 Å². The first-order valence-corrected chi connectivity index (χ1v) is 31.1. The quantitative estimate of drug-likeness (QED) is 0.0569. The minimum atomic E-state index is -1.85. The maximum absolute atomic E-state index is 15.1. The van der Waals surface area contributed by atoms with Crippen LogP contribution in [0, 0.1) is 11.8 Å². The molecule has 2 aliphatic heterocycles. The summed E-state index contributed by atoms with van der Waals surface area (Å²) >= 11 is 0. The van der Waals surface area contributed by atoms with E-state index in [0.29, 0.717) is 28.7 Å². The second-order valence-electron chi connectivity index (χ2n) is 24.1. The number of amides is 12. The van der Waals surface area contributed by atoms with E-state index in [2.05, 4.69) is 47.9 Å². The van der Waals surface area contributed by atoms with E-state index in [-0.39, 0.29) is 76.1 Å². The van der Waals surface area contributed by atoms with Gasteiger partial charge in [0.2, 0.25) is 70.9 Å². The van der Waals surface area contributed by atoms with Crippen molar-refractivity contribution in [2.24, 2.45) is 29.0 Å². The number of hydrogen-bond donors (Lipinski definition) is 13. The van der Waals surface area contributed by atoms with E-state index in [4.69, 9.17) is 17.2 Å². The van der Waals surface area contributed by atoms with Crippen LogP contribution in [0.15, 0.2) is 115 Å². The van der Waals surface area contributed by atoms with Crippen LogP contribution in [0.4, 0.5) is 0 Å². The molecule has 4 aromatic carbocycles. The topological polar surface area (TPSA) is 415 Å². The van der Waals surface area contributed by atoms with Crippen molar-refractivity contribution < 1.29 is 62.6 Å². The van der Waals surface area contributed by atoms with Gasteiger partial charge in [0.05, 0.1) is 6.42 Å². The van der Waals surface area contributed by atoms with E-state index in [0.717, 1.165) is 0 Å². The Bertz CT molecular complexity index is 3210. The Morgan fingerprint density at radius 3 is 1.34 bits per heavy atom. The van der Waals surface area contributed by atoms with Crippen molar-refractivity contribution in [2.45, 2.75) is 165 Å². The minimum Gasteiger partial charge on any atom is -0.508 e. The normalized spacial score (nSPS) is 23.9. The van der Waals surface area contributed by atoms with Gasteiger partial charge in [-0.05, 0) is 91.3 Å². The van der Waals surface area contributed by atoms with Crippen LogP contribution in [0.25, 0.3) is 0 Å². The largest absolute Gasteiger partial charge is 0.508 e. The van der Waals surface area contributed by atoms with E-state index in [1.54, 1.807) is 105 Å². The lowest BCUT2D eigenvalue weighted by molar-refractivity contribution is -0.142. The van der Waals surface area contributed by atoms with Crippen molar-refractivity contribution in [3.8, 4) is 5.75 Å². The Morgan fingerprint density at radius 2 is 0.859 bits per heavy atom. The maximum Gasteiger partial charge on any atom is 0.246 e. The summed E-state index contributed by atoms with van der Waals surface area (Å²) in [7, 11) is 0. The van der Waals surface area contributed by atoms with Crippen molar-refractivity contribution in [2.75, 3.05) is 13.1 Å². The third-order valence-electron chi connectivity index (χ3n) is 15.8. The van der Waals surface area contributed by atoms with Crippen LogP contribution < -0.4 is 65.1 Å². The molecule has 0 aromatic heterocycles. The van der Waals surface area contributed by atoms with Gasteiger partial charge in [-0.2, -0.15) is 0 Å². The smallest absolute Gasteiger partial charge is 0.246 e. The van der Waals surface area contributed by atoms with Crippen LogP contribution >= 0.6 is 0 Å². The Kier molecular flexibility index (Phi) is 27.2. The fraction of sp³-hybridized carbons (Fsp3) is 0.455. The number of aromatic hydroxyl groups is 1. The zero-order chi connectivity index (χ0) is 67.0. The van der Waals surface area contributed by atoms with Crippen LogP contribution in [0.5, 0.6) is 5.75 Å². The van der Waals surface area contributed by atoms with Gasteiger partial charge in [-0.15, -0.1) is 0 Å². The molecule has 16 N–H and O–H groups in total. The predicted octanol–water partition coefficient (Wildman–Crippen LogP) is -0.388. The molecule has 2 aliphatic rings. The molecular weight excluding hydrogens is 1180 g/mol. The average Bonchev–Trinajstić information content (AvgIpc) is 1.56. The highest BCUT2D eigenvalue weighted by molar-refractivity contribution is 6.01. The molecule has 494 valence electrons. The number of benzene rings is 4. The molecule has 2 heterocycles. The Balaban J connectivity index is 1.46. The monoisotopic (exact) mass is 1270 g/mol. The zero-order valence-electron chi connectivity index (χ0n) is 52.3. The first-order valence-electron chi connectivity index (χ1n) is 31.1. The van der Waals surface area contributed by atoms with E-state index in [9.17, 15) is 57.8 Å². The van der Waals surface area contributed by atoms with Gasteiger partial charge >= 0.3 is 0 Å². The van der Waals surface area contributed by atoms with Crippen LogP contribution in [0.2, 0.25) is 0 Å². The summed E-state index contributed by atoms with van der Waals surface area (Å²) in [5.41, 5.74) is 19.3. The molecule has 0 aliphatic carbocycles. The first-order chi connectivity index (χ1) is 43.9. The number of nitrogens with two attached hydrogens (primary N) is 3. The molecule has 1 unspecified atom stereocenters. The highest BCUT2D eigenvalue weighted by atomic mass is 16.3. The summed E-state index contributed by atoms with van der Waals surface area (Å²) in [5, 5.41) is 34.3. The van der Waals surface area contributed by atoms with Gasteiger partial charge in [0.25, 0.3) is 0 Å². The van der Waals surface area contributed by atoms with Gasteiger partial charge in [0.1, 0.15) is 66.2 Å². The number of hydrogen-bond acceptors (Lipinski definition) is 14. The summed E-state index contributed by atoms with van der Waals surface area (Å²) in [6.07, 6.45) is -1.75. The molecular formula is C66H87N13O13. The number of primary amides is 2. The third-order valence-corrected chi connectivity index (χ3v) is 15.8. The molecule has 26 nitrogen and oxygen atoms in total. The Hall–Kier alpha value is -9.72. The molecule has 0 spiro atoms. The SMILES string of the molecule is CC(C)C[C@@H]1NC(=O)C(CCCN)NC(=O)[C@@H](C(C)C)NC(=O)[C@H](Cc2ccc(O)cc2)NC(=O)[C@H](CCC(N)=O)NC(=O)[C@H](CC(N)=O)NC(=O)[C@@H](Cc2ccccc2)NC(=O)[C@H](Cc2ccccc2)NC(=O)[C@@H]2CCCN2C(=O)[C@@H](Cc2ccccc2)NC1=O. The van der Waals surface area contributed by atoms with Gasteiger partial charge < -0.3 is 75.1 Å². The number of carbonyl (C=O) groups is 12. The standard InChI is InChI=1S/C66H87N13O13/c1-38(2)32-47-59(85)77-52(36-42-20-12-7-13-21-42)66(92)79-31-15-23-53(79)64(90)76-49(34-41-18-10-6-11-19-41)61(87)74-48(33-40-16-8-5-9-17-40)60(86)75-51(37-55(69)82)62(88)70-46(28-29-54(68)81)58(84)73-50(35-43-24-26-44(80)27-25-43)63(89)78-56(39(3)4)65(91)71-45(22-14-30-67)57(83)72-47/h5-13,16-21,24-27,38-39,45-53,56,80H,14-15,22-23,28-37,67H2,1-4H3,(H2,68,81)(H2,69,82)(H,70,88)(H,71,91)(H,72,83)(H,73,84)(H,74,87)(H,75,86)(H,76,90)(H,77,85)(H,78,89)/t45?,46-,47-,48+,49-,50-,51-,52+,53-,56+/m0/s1. The number of phenolic OH excluding ortho intramolecular Hbond substituents is 1. The van der Waals surface area contributed by atoms with Crippen molar-refractivity contribution in [3.63, 3.8) is 0 Å². The van der Waals surface area contributed by atoms with Gasteiger partial charge in [0.15, 0.2) is 0 Å². The fourth-order valence-electron chi connectivity index (χ4n) is 11.0. The van der Waals surface area contributed by atoms with Crippen molar-refractivity contribution in [1.29, 1.82) is 0 Å². The second kappa shape index (κ2) is 35.0. The molecule has 92 heavy (non-hydrogen) atoms. The van der Waals surface area contributed by atoms with Crippen LogP contribution in [0.3, 0.4) is 0 Å². The molecule has 6 rings (SSSR count). The van der Waals surface area contributed by atoms with Gasteiger partial charge in [-0.25, -0.2) is 0 Å². The number of rotatable bonds is 19. The minimum absolute atomic E-state index is 0.0273. The Labute approximate surface area is 534 Å². The summed E-state index contributed by atoms with van der Waals surface area (Å²) in [6.45, 7) is 7.05. The fourth-order valence-corrected chi connectivity index (χ4v) is 11.0. The van der Waals surface area contributed by atoms with Crippen molar-refractivity contribution in [3.05, 3.63) is 138 Å². The average molecular weight is 1270 g/mol. The number of fused-ring (bicyclic) bond motifs is 1. The molecule has 12 amide bonds. The predicted molar refractivity (Wildman–Crippen MR) is 339 cm³/mol. The molecule has 26 heteroatoms. The lowest BCUT2D eigenvalue weighted by Gasteiger charge is -2.32. The summed E-state index contributed by atoms with van der Waals surface area (Å²) in [6, 6.07) is 16.9. The molecule has 2 fully saturated rings. The van der Waals surface area contributed by atoms with E-state index in [1.807, 2.05) is 13.8 Å². The lowest BCUT2D eigenvalue weighted by Crippen LogP contribution is -2.62. The number of carbonyl (C=O) groups excluding carboxylic acids is 12. The molecule has 0 bridgehead atoms. The first kappa shape index (κ1) is 71.4. The third kappa shape index (κ3) is 22.0. The molecule has 0 saturated carbocycles. The Morgan fingerprint density at radius 1 is 0.467 bits per heavy atom. The molecule has 10 atom stereocenters. The van der Waals surface area contributed by atoms with Crippen LogP contribution in [-0.2, 0) is 83.2 Å². The van der Waals surface area contributed by atoms with Crippen molar-refractivity contribution in [1.82, 2.24) is 52.8 Å². The highest BCUT2D eigenvalue weighted by Crippen LogP contribution is 2.22. The van der Waals surface area contributed by atoms with Crippen LogP contribution in [-0.4, -0.2) is 154 Å². The zero-order valence-corrected chi connectivity index (χ0v) is 52.3. The summed E-state index contributed by atoms with van der Waals surface area (Å²) in [5.74, 6) is -11.8. The summed E-state index contributed by atoms with van der Waals surface area (Å²) in [4.78, 5) is 174. The van der Waals surface area contributed by atoms with E-state index < -0.39 is 156 Å². The molecule has 4 aromatic rings. The maximum atomic E-state index is 15.1. The van der Waals surface area contributed by atoms with Gasteiger partial charge in [-0.1, -0.05) is 131 Å². The number of nitrogens with zero attached hydrogens (tertiary/aromatic N) is 1. The van der Waals surface area contributed by atoms with E-state index in [1.165, 1.54) is 29.2 Å². The molecule has 0 radical (unpaired) electrons. The van der Waals surface area contributed by atoms with Crippen LogP contribution in [0.1, 0.15) is 101 Å². The second-order valence-corrected chi connectivity index (χ2v) is 24.1. The summed E-state index contributed by atoms with van der Waals surface area (Å²) < 4.78 is 0. The van der Waals surface area contributed by atoms with Crippen molar-refractivity contribution >= 4 is 70.9 Å². The lowest BCUT2D eigenvalue weighted by atomic mass is 9.98. The van der Waals surface area contributed by atoms with Gasteiger partial charge in [0, 0.05) is 38.6 Å².